The van der Waals surface area contributed by atoms with Crippen LogP contribution in [0.2, 0.25) is 0 Å². The summed E-state index contributed by atoms with van der Waals surface area (Å²) < 4.78 is 16.1. The molecule has 4 aromatic rings. The molecule has 0 spiro atoms. The second kappa shape index (κ2) is 8.70. The van der Waals surface area contributed by atoms with Crippen molar-refractivity contribution >= 4 is 22.6 Å². The van der Waals surface area contributed by atoms with Gasteiger partial charge in [-0.3, -0.25) is 14.5 Å². The molecule has 2 saturated heterocycles. The Balaban J connectivity index is 1.16. The molecule has 35 heavy (non-hydrogen) atoms. The van der Waals surface area contributed by atoms with Crippen LogP contribution in [-0.4, -0.2) is 72.1 Å². The smallest absolute Gasteiger partial charge is 0.295 e. The van der Waals surface area contributed by atoms with Crippen LogP contribution in [0.1, 0.15) is 41.2 Å². The average Bonchev–Trinajstić information content (AvgIpc) is 3.55. The number of carbonyl (C=O) groups excluding carboxylic acids is 2. The summed E-state index contributed by atoms with van der Waals surface area (Å²) in [4.78, 5) is 37.3. The Hall–Kier alpha value is -3.92. The summed E-state index contributed by atoms with van der Waals surface area (Å²) in [5, 5.41) is 7.66. The van der Waals surface area contributed by atoms with Crippen LogP contribution in [0.5, 0.6) is 0 Å². The highest BCUT2D eigenvalue weighted by Gasteiger charge is 2.38. The molecule has 2 fully saturated rings. The van der Waals surface area contributed by atoms with E-state index in [1.807, 2.05) is 6.07 Å². The largest absolute Gasteiger partial charge is 0.357 e. The minimum Gasteiger partial charge on any atom is -0.357 e. The Morgan fingerprint density at radius 3 is 2.54 bits per heavy atom. The van der Waals surface area contributed by atoms with Gasteiger partial charge in [0.25, 0.3) is 11.7 Å². The lowest BCUT2D eigenvalue weighted by Crippen LogP contribution is -2.53. The van der Waals surface area contributed by atoms with Crippen LogP contribution in [-0.2, 0) is 4.79 Å². The van der Waals surface area contributed by atoms with Crippen molar-refractivity contribution in [2.45, 2.75) is 31.3 Å². The van der Waals surface area contributed by atoms with Gasteiger partial charge in [-0.25, -0.2) is 14.1 Å². The summed E-state index contributed by atoms with van der Waals surface area (Å²) in [5.74, 6) is -1.71. The van der Waals surface area contributed by atoms with E-state index in [4.69, 9.17) is 0 Å². The Morgan fingerprint density at radius 2 is 1.86 bits per heavy atom. The standard InChI is InChI=1S/C25H24FN7O2/c26-19-15-28-24(33-13-9-29-30-33)22-21(19)18(14-27-22)23(34)25(35)31-10-6-17(7-11-31)32-12-8-20(32)16-4-2-1-3-5-16/h1-5,9,13-15,17,20,27H,6-8,10-12H2. The Kier molecular flexibility index (Phi) is 5.37. The van der Waals surface area contributed by atoms with Crippen molar-refractivity contribution in [3.8, 4) is 5.82 Å². The molecule has 2 aliphatic heterocycles. The minimum absolute atomic E-state index is 0.000253. The van der Waals surface area contributed by atoms with Crippen molar-refractivity contribution in [1.82, 2.24) is 34.8 Å². The summed E-state index contributed by atoms with van der Waals surface area (Å²) in [5.41, 5.74) is 1.61. The first kappa shape index (κ1) is 21.6. The fraction of sp³-hybridized carbons (Fsp3) is 0.320. The number of nitrogens with zero attached hydrogens (tertiary/aromatic N) is 6. The number of hydrogen-bond donors (Lipinski definition) is 1. The lowest BCUT2D eigenvalue weighted by molar-refractivity contribution is -0.128. The van der Waals surface area contributed by atoms with Gasteiger partial charge in [-0.05, 0) is 24.8 Å². The number of aromatic amines is 1. The number of rotatable bonds is 5. The Bertz CT molecular complexity index is 1380. The van der Waals surface area contributed by atoms with Crippen LogP contribution in [0, 0.1) is 5.82 Å². The molecule has 9 nitrogen and oxygen atoms in total. The van der Waals surface area contributed by atoms with Crippen molar-refractivity contribution in [3.63, 3.8) is 0 Å². The topological polar surface area (TPSA) is 100 Å². The normalized spacial score (nSPS) is 19.1. The molecule has 3 aromatic heterocycles. The van der Waals surface area contributed by atoms with E-state index in [1.54, 1.807) is 11.1 Å². The van der Waals surface area contributed by atoms with Crippen LogP contribution < -0.4 is 0 Å². The zero-order valence-electron chi connectivity index (χ0n) is 19.0. The van der Waals surface area contributed by atoms with E-state index in [0.29, 0.717) is 31.0 Å². The minimum atomic E-state index is -0.726. The van der Waals surface area contributed by atoms with Gasteiger partial charge in [-0.1, -0.05) is 35.5 Å². The molecule has 5 heterocycles. The highest BCUT2D eigenvalue weighted by Crippen LogP contribution is 2.37. The van der Waals surface area contributed by atoms with Crippen LogP contribution >= 0.6 is 0 Å². The van der Waals surface area contributed by atoms with E-state index < -0.39 is 17.5 Å². The van der Waals surface area contributed by atoms with Gasteiger partial charge in [0, 0.05) is 37.9 Å². The highest BCUT2D eigenvalue weighted by atomic mass is 19.1. The number of fused-ring (bicyclic) bond motifs is 1. The maximum atomic E-state index is 14.7. The number of aromatic nitrogens is 5. The quantitative estimate of drug-likeness (QED) is 0.353. The summed E-state index contributed by atoms with van der Waals surface area (Å²) in [7, 11) is 0. The van der Waals surface area contributed by atoms with Gasteiger partial charge in [0.1, 0.15) is 0 Å². The van der Waals surface area contributed by atoms with Crippen molar-refractivity contribution in [3.05, 3.63) is 72.1 Å². The Labute approximate surface area is 200 Å². The molecule has 10 heteroatoms. The van der Waals surface area contributed by atoms with Crippen LogP contribution in [0.15, 0.2) is 55.1 Å². The number of pyridine rings is 1. The molecule has 2 aliphatic rings. The number of Topliss-reactive ketones (excluding diaryl/α,β-unsaturated/α-hetero) is 1. The number of H-pyrrole nitrogens is 1. The van der Waals surface area contributed by atoms with Crippen molar-refractivity contribution in [2.75, 3.05) is 19.6 Å². The monoisotopic (exact) mass is 473 g/mol. The summed E-state index contributed by atoms with van der Waals surface area (Å²) in [6, 6.07) is 11.3. The molecular weight excluding hydrogens is 449 g/mol. The maximum Gasteiger partial charge on any atom is 0.295 e. The second-order valence-corrected chi connectivity index (χ2v) is 9.04. The number of nitrogens with one attached hydrogen (secondary N) is 1. The van der Waals surface area contributed by atoms with E-state index in [2.05, 4.69) is 49.4 Å². The molecule has 6 rings (SSSR count). The molecule has 178 valence electrons. The number of halogens is 1. The van der Waals surface area contributed by atoms with Gasteiger partial charge < -0.3 is 9.88 Å². The van der Waals surface area contributed by atoms with Gasteiger partial charge >= 0.3 is 0 Å². The zero-order valence-corrected chi connectivity index (χ0v) is 19.0. The Morgan fingerprint density at radius 1 is 1.06 bits per heavy atom. The first-order valence-corrected chi connectivity index (χ1v) is 11.8. The molecular formula is C25H24FN7O2. The average molecular weight is 474 g/mol. The fourth-order valence-corrected chi connectivity index (χ4v) is 5.31. The molecule has 1 aromatic carbocycles. The van der Waals surface area contributed by atoms with Gasteiger partial charge in [0.2, 0.25) is 0 Å². The number of carbonyl (C=O) groups is 2. The van der Waals surface area contributed by atoms with Crippen LogP contribution in [0.3, 0.4) is 0 Å². The van der Waals surface area contributed by atoms with Gasteiger partial charge in [0.05, 0.1) is 35.1 Å². The van der Waals surface area contributed by atoms with E-state index >= 15 is 0 Å². The lowest BCUT2D eigenvalue weighted by Gasteiger charge is -2.49. The lowest BCUT2D eigenvalue weighted by atomic mass is 9.89. The van der Waals surface area contributed by atoms with E-state index in [1.165, 1.54) is 22.6 Å². The van der Waals surface area contributed by atoms with E-state index in [-0.39, 0.29) is 16.5 Å². The molecule has 0 aliphatic carbocycles. The number of benzene rings is 1. The maximum absolute atomic E-state index is 14.7. The van der Waals surface area contributed by atoms with E-state index in [0.717, 1.165) is 32.0 Å². The van der Waals surface area contributed by atoms with Crippen molar-refractivity contribution in [2.24, 2.45) is 0 Å². The molecule has 1 unspecified atom stereocenters. The fourth-order valence-electron chi connectivity index (χ4n) is 5.31. The first-order chi connectivity index (χ1) is 17.1. The number of piperidine rings is 1. The van der Waals surface area contributed by atoms with E-state index in [9.17, 15) is 14.0 Å². The number of amides is 1. The third-order valence-electron chi connectivity index (χ3n) is 7.19. The summed E-state index contributed by atoms with van der Waals surface area (Å²) >= 11 is 0. The van der Waals surface area contributed by atoms with Crippen molar-refractivity contribution < 1.29 is 14.0 Å². The summed E-state index contributed by atoms with van der Waals surface area (Å²) in [6.45, 7) is 2.06. The highest BCUT2D eigenvalue weighted by molar-refractivity contribution is 6.45. The van der Waals surface area contributed by atoms with Gasteiger partial charge in [0.15, 0.2) is 11.6 Å². The summed E-state index contributed by atoms with van der Waals surface area (Å²) in [6.07, 6.45) is 8.19. The molecule has 0 saturated carbocycles. The zero-order chi connectivity index (χ0) is 23.9. The third-order valence-corrected chi connectivity index (χ3v) is 7.19. The second-order valence-electron chi connectivity index (χ2n) is 9.04. The molecule has 1 amide bonds. The predicted octanol–water partition coefficient (Wildman–Crippen LogP) is 2.90. The predicted molar refractivity (Wildman–Crippen MR) is 125 cm³/mol. The van der Waals surface area contributed by atoms with Crippen LogP contribution in [0.25, 0.3) is 16.7 Å². The van der Waals surface area contributed by atoms with Crippen molar-refractivity contribution in [1.29, 1.82) is 0 Å². The third kappa shape index (κ3) is 3.70. The van der Waals surface area contributed by atoms with Crippen LogP contribution in [0.4, 0.5) is 4.39 Å². The van der Waals surface area contributed by atoms with Gasteiger partial charge in [-0.2, -0.15) is 0 Å². The SMILES string of the molecule is O=C(C(=O)N1CCC(N2CCC2c2ccccc2)CC1)c1c[nH]c2c(-n3ccnn3)ncc(F)c12. The molecule has 0 bridgehead atoms. The van der Waals surface area contributed by atoms with Gasteiger partial charge in [-0.15, -0.1) is 5.10 Å². The number of likely N-dealkylation sites (tertiary alicyclic amines) is 2. The first-order valence-electron chi connectivity index (χ1n) is 11.8. The number of hydrogen-bond acceptors (Lipinski definition) is 6. The molecule has 0 radical (unpaired) electrons. The molecule has 1 N–H and O–H groups in total. The molecule has 1 atom stereocenters. The number of ketones is 1.